The molecule has 0 unspecified atom stereocenters. The number of hydrogen-bond donors (Lipinski definition) is 1. The molecule has 0 fully saturated rings. The van der Waals surface area contributed by atoms with Crippen LogP contribution in [0.4, 0.5) is 4.79 Å². The lowest BCUT2D eigenvalue weighted by Crippen LogP contribution is -2.27. The summed E-state index contributed by atoms with van der Waals surface area (Å²) in [6, 6.07) is 0. The van der Waals surface area contributed by atoms with E-state index < -0.39 is 17.7 Å². The molecular formula is C12H23NO4. The number of nitrogens with two attached hydrogens (primary N) is 1. The highest BCUT2D eigenvalue weighted by atomic mass is 16.7. The fraction of sp³-hybridized carbons (Fsp3) is 0.833. The molecule has 0 spiro atoms. The van der Waals surface area contributed by atoms with Crippen LogP contribution in [0, 0.1) is 5.41 Å². The van der Waals surface area contributed by atoms with Gasteiger partial charge in [0.25, 0.3) is 0 Å². The number of carbonyl (C=O) groups is 2. The molecule has 0 radical (unpaired) electrons. The maximum Gasteiger partial charge on any atom is 0.516 e. The zero-order valence-electron chi connectivity index (χ0n) is 11.3. The molecule has 2 N–H and O–H groups in total. The lowest BCUT2D eigenvalue weighted by Gasteiger charge is -2.21. The Bertz CT molecular complexity index is 279. The molecule has 5 heteroatoms. The van der Waals surface area contributed by atoms with Crippen molar-refractivity contribution in [2.24, 2.45) is 11.1 Å². The minimum Gasteiger partial charge on any atom is -0.428 e. The van der Waals surface area contributed by atoms with E-state index in [9.17, 15) is 9.59 Å². The van der Waals surface area contributed by atoms with Gasteiger partial charge in [-0.05, 0) is 39.2 Å². The van der Waals surface area contributed by atoms with Crippen molar-refractivity contribution in [3.05, 3.63) is 0 Å². The van der Waals surface area contributed by atoms with Crippen molar-refractivity contribution in [3.8, 4) is 0 Å². The highest BCUT2D eigenvalue weighted by Gasteiger charge is 2.22. The van der Waals surface area contributed by atoms with E-state index in [1.54, 1.807) is 20.8 Å². The van der Waals surface area contributed by atoms with Gasteiger partial charge >= 0.3 is 12.1 Å². The van der Waals surface area contributed by atoms with Crippen LogP contribution in [0.15, 0.2) is 0 Å². The zero-order chi connectivity index (χ0) is 13.7. The molecule has 0 heterocycles. The fourth-order valence-corrected chi connectivity index (χ4v) is 0.957. The average molecular weight is 245 g/mol. The van der Waals surface area contributed by atoms with E-state index in [4.69, 9.17) is 10.5 Å². The maximum absolute atomic E-state index is 11.3. The molecule has 0 aromatic heterocycles. The van der Waals surface area contributed by atoms with Crippen LogP contribution in [-0.4, -0.2) is 24.3 Å². The third kappa shape index (κ3) is 8.68. The van der Waals surface area contributed by atoms with Crippen LogP contribution in [0.5, 0.6) is 0 Å². The monoisotopic (exact) mass is 245 g/mol. The van der Waals surface area contributed by atoms with Gasteiger partial charge in [0.1, 0.15) is 5.60 Å². The highest BCUT2D eigenvalue weighted by Crippen LogP contribution is 2.20. The third-order valence-electron chi connectivity index (χ3n) is 2.15. The van der Waals surface area contributed by atoms with Gasteiger partial charge in [0, 0.05) is 6.42 Å². The largest absolute Gasteiger partial charge is 0.516 e. The van der Waals surface area contributed by atoms with Gasteiger partial charge in [-0.1, -0.05) is 13.8 Å². The Morgan fingerprint density at radius 3 is 2.06 bits per heavy atom. The molecule has 0 bridgehead atoms. The van der Waals surface area contributed by atoms with Crippen LogP contribution in [-0.2, 0) is 14.3 Å². The molecule has 100 valence electrons. The molecule has 5 nitrogen and oxygen atoms in total. The van der Waals surface area contributed by atoms with Crippen molar-refractivity contribution < 1.29 is 19.1 Å². The van der Waals surface area contributed by atoms with Crippen LogP contribution in [0.3, 0.4) is 0 Å². The quantitative estimate of drug-likeness (QED) is 0.607. The second kappa shape index (κ2) is 6.00. The van der Waals surface area contributed by atoms with Gasteiger partial charge in [-0.15, -0.1) is 0 Å². The van der Waals surface area contributed by atoms with Gasteiger partial charge in [0.05, 0.1) is 0 Å². The number of carbonyl (C=O) groups excluding carboxylic acids is 2. The Labute approximate surface area is 103 Å². The average Bonchev–Trinajstić information content (AvgIpc) is 2.12. The number of ether oxygens (including phenoxy) is 2. The predicted molar refractivity (Wildman–Crippen MR) is 64.4 cm³/mol. The summed E-state index contributed by atoms with van der Waals surface area (Å²) in [4.78, 5) is 22.5. The molecule has 0 aromatic rings. The van der Waals surface area contributed by atoms with Crippen LogP contribution in [0.25, 0.3) is 0 Å². The first kappa shape index (κ1) is 15.9. The second-order valence-corrected chi connectivity index (χ2v) is 5.81. The summed E-state index contributed by atoms with van der Waals surface area (Å²) in [6.07, 6.45) is -0.220. The van der Waals surface area contributed by atoms with Crippen LogP contribution < -0.4 is 5.73 Å². The topological polar surface area (TPSA) is 78.6 Å². The van der Waals surface area contributed by atoms with E-state index in [-0.39, 0.29) is 11.8 Å². The Kier molecular flexibility index (Phi) is 5.61. The van der Waals surface area contributed by atoms with Crippen molar-refractivity contribution in [2.75, 3.05) is 6.54 Å². The SMILES string of the molecule is CC(C)(CN)CCC(=O)OC(=O)OC(C)(C)C. The normalized spacial score (nSPS) is 12.1. The smallest absolute Gasteiger partial charge is 0.428 e. The summed E-state index contributed by atoms with van der Waals surface area (Å²) in [6.45, 7) is 9.50. The fourth-order valence-electron chi connectivity index (χ4n) is 0.957. The van der Waals surface area contributed by atoms with Crippen molar-refractivity contribution in [1.29, 1.82) is 0 Å². The van der Waals surface area contributed by atoms with Crippen LogP contribution in [0.1, 0.15) is 47.5 Å². The lowest BCUT2D eigenvalue weighted by molar-refractivity contribution is -0.142. The molecule has 0 atom stereocenters. The summed E-state index contributed by atoms with van der Waals surface area (Å²) < 4.78 is 9.39. The Hall–Kier alpha value is -1.10. The summed E-state index contributed by atoms with van der Waals surface area (Å²) in [7, 11) is 0. The minimum atomic E-state index is -0.951. The van der Waals surface area contributed by atoms with Crippen molar-refractivity contribution in [3.63, 3.8) is 0 Å². The molecule has 0 aliphatic carbocycles. The van der Waals surface area contributed by atoms with Crippen molar-refractivity contribution >= 4 is 12.1 Å². The molecule has 0 aliphatic heterocycles. The van der Waals surface area contributed by atoms with Gasteiger partial charge in [0.15, 0.2) is 0 Å². The molecule has 0 aliphatic rings. The molecule has 0 aromatic carbocycles. The number of hydrogen-bond acceptors (Lipinski definition) is 5. The summed E-state index contributed by atoms with van der Waals surface area (Å²) in [5.74, 6) is -0.583. The van der Waals surface area contributed by atoms with Crippen molar-refractivity contribution in [1.82, 2.24) is 0 Å². The summed E-state index contributed by atoms with van der Waals surface area (Å²) >= 11 is 0. The number of esters is 1. The van der Waals surface area contributed by atoms with Crippen LogP contribution >= 0.6 is 0 Å². The van der Waals surface area contributed by atoms with E-state index in [1.165, 1.54) is 0 Å². The Balaban J connectivity index is 3.99. The Morgan fingerprint density at radius 1 is 1.12 bits per heavy atom. The second-order valence-electron chi connectivity index (χ2n) is 5.81. The predicted octanol–water partition coefficient (Wildman–Crippen LogP) is 2.23. The lowest BCUT2D eigenvalue weighted by atomic mass is 9.88. The van der Waals surface area contributed by atoms with E-state index in [0.29, 0.717) is 13.0 Å². The first-order chi connectivity index (χ1) is 7.56. The first-order valence-electron chi connectivity index (χ1n) is 5.69. The molecular weight excluding hydrogens is 222 g/mol. The molecule has 0 rings (SSSR count). The van der Waals surface area contributed by atoms with Gasteiger partial charge in [-0.25, -0.2) is 4.79 Å². The third-order valence-corrected chi connectivity index (χ3v) is 2.15. The summed E-state index contributed by atoms with van der Waals surface area (Å²) in [5, 5.41) is 0. The molecule has 0 amide bonds. The molecule has 17 heavy (non-hydrogen) atoms. The molecule has 0 saturated heterocycles. The standard InChI is InChI=1S/C12H23NO4/c1-11(2,3)17-10(15)16-9(14)6-7-12(4,5)8-13/h6-8,13H2,1-5H3. The van der Waals surface area contributed by atoms with Gasteiger partial charge in [-0.3, -0.25) is 4.79 Å². The highest BCUT2D eigenvalue weighted by molar-refractivity contribution is 5.81. The molecule has 0 saturated carbocycles. The number of rotatable bonds is 4. The van der Waals surface area contributed by atoms with Crippen LogP contribution in [0.2, 0.25) is 0 Å². The van der Waals surface area contributed by atoms with E-state index in [2.05, 4.69) is 4.74 Å². The van der Waals surface area contributed by atoms with E-state index in [0.717, 1.165) is 0 Å². The van der Waals surface area contributed by atoms with Crippen molar-refractivity contribution in [2.45, 2.75) is 53.1 Å². The van der Waals surface area contributed by atoms with E-state index in [1.807, 2.05) is 13.8 Å². The van der Waals surface area contributed by atoms with Gasteiger partial charge in [0.2, 0.25) is 0 Å². The van der Waals surface area contributed by atoms with E-state index >= 15 is 0 Å². The minimum absolute atomic E-state index is 0.132. The van der Waals surface area contributed by atoms with Gasteiger partial charge in [-0.2, -0.15) is 0 Å². The van der Waals surface area contributed by atoms with Gasteiger partial charge < -0.3 is 15.2 Å². The Morgan fingerprint density at radius 2 is 1.65 bits per heavy atom. The summed E-state index contributed by atoms with van der Waals surface area (Å²) in [5.41, 5.74) is 4.74. The first-order valence-corrected chi connectivity index (χ1v) is 5.69. The maximum atomic E-state index is 11.3. The zero-order valence-corrected chi connectivity index (χ0v) is 11.3.